The molecule has 17 rings (SSSR count). The smallest absolute Gasteiger partial charge is 0.164 e. The average Bonchev–Trinajstić information content (AvgIpc) is 0.811. The highest BCUT2D eigenvalue weighted by molar-refractivity contribution is 6.09. The maximum Gasteiger partial charge on any atom is 0.164 e. The minimum atomic E-state index is 0.605. The van der Waals surface area contributed by atoms with Crippen LogP contribution in [0.25, 0.3) is 175 Å². The van der Waals surface area contributed by atoms with Gasteiger partial charge in [0, 0.05) is 90.8 Å². The molecular formula is C94H64N12. The van der Waals surface area contributed by atoms with Crippen molar-refractivity contribution in [2.45, 2.75) is 0 Å². The largest absolute Gasteiger partial charge is 0.308 e. The highest BCUT2D eigenvalue weighted by atomic mass is 15.0. The lowest BCUT2D eigenvalue weighted by atomic mass is 9.99. The van der Waals surface area contributed by atoms with E-state index >= 15 is 0 Å². The van der Waals surface area contributed by atoms with Crippen LogP contribution in [0.15, 0.2) is 371 Å². The van der Waals surface area contributed by atoms with E-state index < -0.39 is 0 Å². The fourth-order valence-electron chi connectivity index (χ4n) is 12.6. The molecule has 0 saturated heterocycles. The van der Waals surface area contributed by atoms with Gasteiger partial charge in [-0.1, -0.05) is 316 Å². The third-order valence-electron chi connectivity index (χ3n) is 18.1. The van der Waals surface area contributed by atoms with E-state index in [-0.39, 0.29) is 0 Å². The Morgan fingerprint density at radius 2 is 0.538 bits per heavy atom. The van der Waals surface area contributed by atoms with Crippen LogP contribution in [0.5, 0.6) is 0 Å². The van der Waals surface area contributed by atoms with Crippen LogP contribution >= 0.6 is 0 Å². The van der Waals surface area contributed by atoms with Crippen molar-refractivity contribution in [1.29, 1.82) is 5.41 Å². The second-order valence-corrected chi connectivity index (χ2v) is 25.1. The van der Waals surface area contributed by atoms with Crippen LogP contribution in [0.3, 0.4) is 0 Å². The Labute approximate surface area is 614 Å². The molecule has 0 spiro atoms. The number of pyridine rings is 1. The predicted molar refractivity (Wildman–Crippen MR) is 429 cm³/mol. The molecule has 1 N–H and O–H groups in total. The molecule has 0 aliphatic carbocycles. The summed E-state index contributed by atoms with van der Waals surface area (Å²) >= 11 is 0. The molecule has 12 nitrogen and oxygen atoms in total. The molecule has 0 fully saturated rings. The molecule has 5 heterocycles. The van der Waals surface area contributed by atoms with Gasteiger partial charge in [0.2, 0.25) is 0 Å². The van der Waals surface area contributed by atoms with E-state index in [4.69, 9.17) is 55.2 Å². The summed E-state index contributed by atoms with van der Waals surface area (Å²) in [6.45, 7) is 3.81. The van der Waals surface area contributed by atoms with Crippen LogP contribution < -0.4 is 0 Å². The maximum atomic E-state index is 7.92. The zero-order valence-electron chi connectivity index (χ0n) is 57.3. The first-order valence-corrected chi connectivity index (χ1v) is 34.7. The van der Waals surface area contributed by atoms with Gasteiger partial charge in [0.15, 0.2) is 46.6 Å². The summed E-state index contributed by atoms with van der Waals surface area (Å²) in [4.78, 5) is 53.8. The molecular weight excluding hydrogens is 1300 g/mol. The molecule has 0 amide bonds. The van der Waals surface area contributed by atoms with Crippen LogP contribution in [0.4, 0.5) is 0 Å². The number of hydrogen-bond acceptors (Lipinski definition) is 12. The molecule has 500 valence electrons. The van der Waals surface area contributed by atoms with Gasteiger partial charge in [0.25, 0.3) is 0 Å². The molecule has 0 bridgehead atoms. The van der Waals surface area contributed by atoms with Gasteiger partial charge in [-0.05, 0) is 81.2 Å². The van der Waals surface area contributed by atoms with Crippen molar-refractivity contribution >= 4 is 22.6 Å². The number of hydrogen-bond donors (Lipinski definition) is 1. The normalized spacial score (nSPS) is 11.2. The van der Waals surface area contributed by atoms with E-state index in [0.717, 1.165) is 134 Å². The van der Waals surface area contributed by atoms with Crippen LogP contribution in [0.2, 0.25) is 0 Å². The topological polar surface area (TPSA) is 166 Å². The molecule has 5 aromatic heterocycles. The van der Waals surface area contributed by atoms with Crippen LogP contribution in [0, 0.1) is 5.41 Å². The van der Waals surface area contributed by atoms with Crippen molar-refractivity contribution in [1.82, 2.24) is 54.8 Å². The highest BCUT2D eigenvalue weighted by Crippen LogP contribution is 2.36. The van der Waals surface area contributed by atoms with E-state index in [1.807, 2.05) is 212 Å². The van der Waals surface area contributed by atoms with Crippen molar-refractivity contribution < 1.29 is 0 Å². The van der Waals surface area contributed by atoms with Gasteiger partial charge in [0.05, 0.1) is 22.8 Å². The Morgan fingerprint density at radius 1 is 0.236 bits per heavy atom. The van der Waals surface area contributed by atoms with Gasteiger partial charge in [-0.3, -0.25) is 4.98 Å². The molecule has 0 unspecified atom stereocenters. The molecule has 0 atom stereocenters. The number of benzene rings is 12. The van der Waals surface area contributed by atoms with Crippen molar-refractivity contribution in [3.05, 3.63) is 376 Å². The second-order valence-electron chi connectivity index (χ2n) is 25.1. The fourth-order valence-corrected chi connectivity index (χ4v) is 12.6. The summed E-state index contributed by atoms with van der Waals surface area (Å²) in [5.41, 5.74) is 20.7. The highest BCUT2D eigenvalue weighted by Gasteiger charge is 2.19. The number of nitrogens with zero attached hydrogens (tertiary/aromatic N) is 11. The summed E-state index contributed by atoms with van der Waals surface area (Å²) < 4.78 is 0. The Hall–Kier alpha value is -14.6. The molecule has 0 saturated carbocycles. The first-order valence-electron chi connectivity index (χ1n) is 34.7. The number of aromatic nitrogens is 11. The van der Waals surface area contributed by atoms with Crippen LogP contribution in [-0.2, 0) is 0 Å². The zero-order valence-corrected chi connectivity index (χ0v) is 57.3. The van der Waals surface area contributed by atoms with Gasteiger partial charge >= 0.3 is 0 Å². The third kappa shape index (κ3) is 14.9. The summed E-state index contributed by atoms with van der Waals surface area (Å²) in [5.74, 6) is 5.03. The summed E-state index contributed by atoms with van der Waals surface area (Å²) in [7, 11) is 0. The van der Waals surface area contributed by atoms with Crippen LogP contribution in [0.1, 0.15) is 5.56 Å². The minimum Gasteiger partial charge on any atom is -0.308 e. The van der Waals surface area contributed by atoms with Crippen molar-refractivity contribution in [2.75, 3.05) is 0 Å². The first-order chi connectivity index (χ1) is 52.4. The number of rotatable bonds is 17. The molecule has 12 aromatic carbocycles. The van der Waals surface area contributed by atoms with E-state index in [2.05, 4.69) is 151 Å². The van der Waals surface area contributed by atoms with Crippen molar-refractivity contribution in [2.24, 2.45) is 0 Å². The lowest BCUT2D eigenvalue weighted by Gasteiger charge is -2.12. The lowest BCUT2D eigenvalue weighted by Crippen LogP contribution is -2.00. The van der Waals surface area contributed by atoms with Gasteiger partial charge in [-0.15, -0.1) is 0 Å². The number of allylic oxidation sites excluding steroid dienone is 3. The van der Waals surface area contributed by atoms with Gasteiger partial charge in [-0.2, -0.15) is 0 Å². The van der Waals surface area contributed by atoms with Crippen molar-refractivity contribution in [3.8, 4) is 158 Å². The summed E-state index contributed by atoms with van der Waals surface area (Å²) in [5, 5.41) is 10.1. The molecule has 0 aliphatic heterocycles. The van der Waals surface area contributed by atoms with E-state index in [9.17, 15) is 0 Å². The van der Waals surface area contributed by atoms with E-state index in [0.29, 0.717) is 46.6 Å². The summed E-state index contributed by atoms with van der Waals surface area (Å²) in [6.07, 6.45) is 8.51. The van der Waals surface area contributed by atoms with Gasteiger partial charge in [0.1, 0.15) is 0 Å². The van der Waals surface area contributed by atoms with E-state index in [1.54, 1.807) is 12.3 Å². The molecule has 0 aliphatic rings. The maximum absolute atomic E-state index is 7.92. The average molecular weight is 1360 g/mol. The monoisotopic (exact) mass is 1360 g/mol. The number of fused-ring (bicyclic) bond motifs is 1. The molecule has 12 heteroatoms. The minimum absolute atomic E-state index is 0.605. The Balaban J connectivity index is 0.000000163. The number of nitrogens with one attached hydrogen (secondary N) is 1. The van der Waals surface area contributed by atoms with Gasteiger partial charge in [-0.25, -0.2) is 49.8 Å². The zero-order chi connectivity index (χ0) is 71.4. The van der Waals surface area contributed by atoms with E-state index in [1.165, 1.54) is 6.21 Å². The fraction of sp³-hybridized carbons (Fsp3) is 0. The molecule has 106 heavy (non-hydrogen) atoms. The van der Waals surface area contributed by atoms with Crippen molar-refractivity contribution in [3.63, 3.8) is 0 Å². The summed E-state index contributed by atoms with van der Waals surface area (Å²) in [6, 6.07) is 114. The van der Waals surface area contributed by atoms with Crippen LogP contribution in [-0.4, -0.2) is 61.0 Å². The van der Waals surface area contributed by atoms with Gasteiger partial charge < -0.3 is 5.41 Å². The third-order valence-corrected chi connectivity index (χ3v) is 18.1. The standard InChI is InChI=1S/C48H34N6.C46H30N6/c1-2-14-42(32-49)39-22-13-24-41(30-39)48-50-43(34-15-6-3-7-16-34)31-44(51-48)40-23-12-21-38(29-40)33-25-27-37(28-26-33)47-53-45(35-17-8-4-9-18-35)52-46(54-47)36-19-10-5-11-20-36;1-4-11-32(12-5-1)41-29-42(49-43(48-41)33-13-6-2-7-14-33)38-18-10-17-36(27-38)31-19-21-35(22-20-31)45-50-44(34-15-8-3-9-16-34)51-46(52-45)39-23-24-40-30-47-26-25-37(40)28-39/h2-32,49H,1H2;1-30H/b42-14+,49-32?;. The Bertz CT molecular complexity index is 5910. The Morgan fingerprint density at radius 3 is 0.943 bits per heavy atom. The first kappa shape index (κ1) is 66.0. The quantitative estimate of drug-likeness (QED) is 0.0681. The lowest BCUT2D eigenvalue weighted by molar-refractivity contribution is 1.07. The Kier molecular flexibility index (Phi) is 19.1. The molecule has 17 aromatic rings. The SMILES string of the molecule is C=C/C=C(\C=N)c1cccc(-c2nc(-c3ccccc3)cc(-c3cccc(-c4ccc(-c5nc(-c6ccccc6)nc(-c6ccccc6)n5)cc4)c3)n2)c1.c1ccc(-c2cc(-c3cccc(-c4ccc(-c5nc(-c6ccccc6)nc(-c6ccc7cnccc7c6)n5)cc4)c3)nc(-c3ccccc3)n2)cc1. The second kappa shape index (κ2) is 30.7. The molecule has 0 radical (unpaired) electrons. The predicted octanol–water partition coefficient (Wildman–Crippen LogP) is 22.4.